The zero-order chi connectivity index (χ0) is 18.9. The highest BCUT2D eigenvalue weighted by atomic mass is 32.1. The first-order valence-corrected chi connectivity index (χ1v) is 10.1. The summed E-state index contributed by atoms with van der Waals surface area (Å²) in [5.74, 6) is 0.959. The third-order valence-electron chi connectivity index (χ3n) is 5.10. The van der Waals surface area contributed by atoms with Gasteiger partial charge in [-0.3, -0.25) is 9.78 Å². The fraction of sp³-hybridized carbons (Fsp3) is 0.250. The molecule has 8 heteroatoms. The lowest BCUT2D eigenvalue weighted by molar-refractivity contribution is 0.489. The van der Waals surface area contributed by atoms with E-state index in [2.05, 4.69) is 25.0 Å². The Morgan fingerprint density at radius 1 is 1.11 bits per heavy atom. The largest absolute Gasteiger partial charge is 0.350 e. The van der Waals surface area contributed by atoms with Gasteiger partial charge in [-0.1, -0.05) is 0 Å². The zero-order valence-corrected chi connectivity index (χ0v) is 15.9. The summed E-state index contributed by atoms with van der Waals surface area (Å²) in [7, 11) is 0. The normalized spacial score (nSPS) is 16.7. The number of hydrogen-bond donors (Lipinski definition) is 0. The van der Waals surface area contributed by atoms with Crippen LogP contribution in [0.15, 0.2) is 59.2 Å². The van der Waals surface area contributed by atoms with E-state index in [0.717, 1.165) is 46.7 Å². The first-order chi connectivity index (χ1) is 13.8. The lowest BCUT2D eigenvalue weighted by Crippen LogP contribution is -2.37. The van der Waals surface area contributed by atoms with Gasteiger partial charge in [-0.15, -0.1) is 11.3 Å². The first kappa shape index (κ1) is 17.0. The molecule has 1 aliphatic rings. The lowest BCUT2D eigenvalue weighted by atomic mass is 10.2. The molecule has 1 fully saturated rings. The molecule has 1 unspecified atom stereocenters. The van der Waals surface area contributed by atoms with Crippen LogP contribution in [0.5, 0.6) is 0 Å². The fourth-order valence-corrected chi connectivity index (χ4v) is 4.59. The summed E-state index contributed by atoms with van der Waals surface area (Å²) < 4.78 is 2.67. The van der Waals surface area contributed by atoms with Gasteiger partial charge >= 0.3 is 0 Å². The fourth-order valence-electron chi connectivity index (χ4n) is 3.74. The molecule has 0 spiro atoms. The second-order valence-corrected chi connectivity index (χ2v) is 7.71. The topological polar surface area (TPSA) is 76.8 Å². The molecule has 0 aliphatic carbocycles. The van der Waals surface area contributed by atoms with Gasteiger partial charge in [0.2, 0.25) is 0 Å². The van der Waals surface area contributed by atoms with Crippen molar-refractivity contribution in [1.29, 1.82) is 0 Å². The van der Waals surface area contributed by atoms with E-state index in [9.17, 15) is 4.79 Å². The van der Waals surface area contributed by atoms with E-state index in [1.807, 2.05) is 23.6 Å². The van der Waals surface area contributed by atoms with Crippen molar-refractivity contribution in [2.75, 3.05) is 11.4 Å². The minimum absolute atomic E-state index is 0.0892. The summed E-state index contributed by atoms with van der Waals surface area (Å²) in [5, 5.41) is 6.65. The molecule has 1 saturated heterocycles. The van der Waals surface area contributed by atoms with E-state index in [4.69, 9.17) is 0 Å². The molecule has 0 N–H and O–H groups in total. The van der Waals surface area contributed by atoms with Crippen LogP contribution in [-0.2, 0) is 6.54 Å². The van der Waals surface area contributed by atoms with Crippen LogP contribution in [-0.4, -0.2) is 37.3 Å². The van der Waals surface area contributed by atoms with Crippen LogP contribution in [0.4, 0.5) is 5.82 Å². The molecule has 140 valence electrons. The maximum absolute atomic E-state index is 12.5. The first-order valence-electron chi connectivity index (χ1n) is 9.23. The van der Waals surface area contributed by atoms with Gasteiger partial charge in [0.1, 0.15) is 12.1 Å². The predicted molar refractivity (Wildman–Crippen MR) is 110 cm³/mol. The molecule has 28 heavy (non-hydrogen) atoms. The third-order valence-corrected chi connectivity index (χ3v) is 6.00. The van der Waals surface area contributed by atoms with Gasteiger partial charge in [0.05, 0.1) is 28.5 Å². The minimum atomic E-state index is -0.0892. The van der Waals surface area contributed by atoms with E-state index in [1.165, 1.54) is 0 Å². The third kappa shape index (κ3) is 3.05. The highest BCUT2D eigenvalue weighted by molar-refractivity contribution is 7.17. The molecule has 0 amide bonds. The van der Waals surface area contributed by atoms with Gasteiger partial charge in [-0.05, 0) is 42.5 Å². The molecule has 5 rings (SSSR count). The van der Waals surface area contributed by atoms with Crippen LogP contribution in [0.2, 0.25) is 0 Å². The monoisotopic (exact) mass is 390 g/mol. The second-order valence-electron chi connectivity index (χ2n) is 6.80. The van der Waals surface area contributed by atoms with Crippen molar-refractivity contribution in [1.82, 2.24) is 24.7 Å². The Labute approximate surface area is 165 Å². The van der Waals surface area contributed by atoms with Crippen molar-refractivity contribution in [2.45, 2.75) is 25.4 Å². The smallest absolute Gasteiger partial charge is 0.266 e. The number of aromatic nitrogens is 5. The minimum Gasteiger partial charge on any atom is -0.350 e. The Hall–Kier alpha value is -3.13. The van der Waals surface area contributed by atoms with Crippen molar-refractivity contribution >= 4 is 27.4 Å². The maximum Gasteiger partial charge on any atom is 0.266 e. The number of pyridine rings is 1. The second kappa shape index (κ2) is 7.12. The van der Waals surface area contributed by atoms with Crippen LogP contribution in [0.1, 0.15) is 12.8 Å². The summed E-state index contributed by atoms with van der Waals surface area (Å²) in [6.45, 7) is 1.46. The van der Waals surface area contributed by atoms with Gasteiger partial charge in [-0.25, -0.2) is 14.6 Å². The molecule has 1 atom stereocenters. The lowest BCUT2D eigenvalue weighted by Gasteiger charge is -2.26. The Morgan fingerprint density at radius 2 is 2.00 bits per heavy atom. The van der Waals surface area contributed by atoms with Crippen LogP contribution in [0.25, 0.3) is 21.5 Å². The van der Waals surface area contributed by atoms with Gasteiger partial charge in [-0.2, -0.15) is 5.10 Å². The van der Waals surface area contributed by atoms with Crippen LogP contribution in [0, 0.1) is 0 Å². The quantitative estimate of drug-likeness (QED) is 0.533. The number of rotatable bonds is 4. The predicted octanol–water partition coefficient (Wildman–Crippen LogP) is 2.98. The highest BCUT2D eigenvalue weighted by Crippen LogP contribution is 2.32. The SMILES string of the molecule is O=c1ccc(-c2ccncc2)nn1CC1CCCN1c1ncnc2ccsc12. The van der Waals surface area contributed by atoms with Crippen molar-refractivity contribution in [3.05, 3.63) is 64.8 Å². The van der Waals surface area contributed by atoms with E-state index < -0.39 is 0 Å². The molecular formula is C20H18N6OS. The molecule has 0 saturated carbocycles. The van der Waals surface area contributed by atoms with Crippen molar-refractivity contribution in [3.63, 3.8) is 0 Å². The van der Waals surface area contributed by atoms with Gasteiger partial charge in [0.15, 0.2) is 0 Å². The standard InChI is InChI=1S/C20H18N6OS/c27-18-4-3-16(14-5-8-21-9-6-14)24-26(18)12-15-2-1-10-25(15)20-19-17(7-11-28-19)22-13-23-20/h3-9,11,13,15H,1-2,10,12H2. The van der Waals surface area contributed by atoms with E-state index in [-0.39, 0.29) is 11.6 Å². The molecule has 4 aromatic rings. The number of hydrogen-bond acceptors (Lipinski definition) is 7. The van der Waals surface area contributed by atoms with E-state index in [1.54, 1.807) is 46.9 Å². The highest BCUT2D eigenvalue weighted by Gasteiger charge is 2.28. The molecule has 0 bridgehead atoms. The maximum atomic E-state index is 12.5. The number of thiophene rings is 1. The van der Waals surface area contributed by atoms with Gasteiger partial charge < -0.3 is 4.90 Å². The van der Waals surface area contributed by atoms with E-state index >= 15 is 0 Å². The van der Waals surface area contributed by atoms with Crippen molar-refractivity contribution in [3.8, 4) is 11.3 Å². The summed E-state index contributed by atoms with van der Waals surface area (Å²) in [5.41, 5.74) is 2.60. The van der Waals surface area contributed by atoms with Gasteiger partial charge in [0.25, 0.3) is 5.56 Å². The molecular weight excluding hydrogens is 372 g/mol. The van der Waals surface area contributed by atoms with Crippen LogP contribution < -0.4 is 10.5 Å². The van der Waals surface area contributed by atoms with Crippen LogP contribution in [0.3, 0.4) is 0 Å². The number of fused-ring (bicyclic) bond motifs is 1. The van der Waals surface area contributed by atoms with Crippen LogP contribution >= 0.6 is 11.3 Å². The molecule has 4 aromatic heterocycles. The number of anilines is 1. The van der Waals surface area contributed by atoms with Crippen molar-refractivity contribution < 1.29 is 0 Å². The average Bonchev–Trinajstić information content (AvgIpc) is 3.39. The Bertz CT molecular complexity index is 1170. The van der Waals surface area contributed by atoms with E-state index in [0.29, 0.717) is 6.54 Å². The summed E-state index contributed by atoms with van der Waals surface area (Å²) in [6, 6.07) is 9.34. The molecule has 7 nitrogen and oxygen atoms in total. The summed E-state index contributed by atoms with van der Waals surface area (Å²) in [6.07, 6.45) is 7.15. The Kier molecular flexibility index (Phi) is 4.32. The zero-order valence-electron chi connectivity index (χ0n) is 15.1. The number of nitrogens with zero attached hydrogens (tertiary/aromatic N) is 6. The van der Waals surface area contributed by atoms with Gasteiger partial charge in [0, 0.05) is 30.6 Å². The Balaban J connectivity index is 1.47. The molecule has 5 heterocycles. The summed E-state index contributed by atoms with van der Waals surface area (Å²) in [4.78, 5) is 27.7. The Morgan fingerprint density at radius 3 is 2.89 bits per heavy atom. The molecule has 0 aromatic carbocycles. The van der Waals surface area contributed by atoms with Crippen molar-refractivity contribution in [2.24, 2.45) is 0 Å². The average molecular weight is 390 g/mol. The molecule has 1 aliphatic heterocycles. The summed E-state index contributed by atoms with van der Waals surface area (Å²) >= 11 is 1.66. The molecule has 0 radical (unpaired) electrons.